The number of pyridine rings is 1. The van der Waals surface area contributed by atoms with Gasteiger partial charge in [-0.15, -0.1) is 0 Å². The molecule has 0 fully saturated rings. The maximum atomic E-state index is 5.94. The van der Waals surface area contributed by atoms with E-state index < -0.39 is 0 Å². The lowest BCUT2D eigenvalue weighted by atomic mass is 10.2. The number of hydrazone groups is 1. The second kappa shape index (κ2) is 8.66. The average Bonchev–Trinajstić information content (AvgIpc) is 3.19. The van der Waals surface area contributed by atoms with E-state index in [2.05, 4.69) is 15.1 Å². The molecule has 0 aliphatic rings. The molecule has 0 atom stereocenters. The fourth-order valence-electron chi connectivity index (χ4n) is 2.34. The van der Waals surface area contributed by atoms with E-state index in [1.807, 2.05) is 61.3 Å². The average molecular weight is 351 g/mol. The Morgan fingerprint density at radius 3 is 2.62 bits per heavy atom. The highest BCUT2D eigenvalue weighted by Crippen LogP contribution is 2.20. The number of para-hydroxylation sites is 1. The molecule has 7 heteroatoms. The van der Waals surface area contributed by atoms with Crippen LogP contribution in [0.1, 0.15) is 5.56 Å². The van der Waals surface area contributed by atoms with Gasteiger partial charge >= 0.3 is 0 Å². The third-order valence-electron chi connectivity index (χ3n) is 3.42. The standard InChI is InChI=1S/C19H21N5O2/c1-23(2)22-19(24-11-10-21-15-24)17-7-3-4-8-18(17)26-13-12-25-16-6-5-9-20-14-16/h3-11,14-15H,12-13H2,1-2H3/b22-19-. The van der Waals surface area contributed by atoms with Gasteiger partial charge in [0.25, 0.3) is 0 Å². The summed E-state index contributed by atoms with van der Waals surface area (Å²) in [6.45, 7) is 0.830. The van der Waals surface area contributed by atoms with Crippen LogP contribution in [-0.4, -0.2) is 52.7 Å². The minimum absolute atomic E-state index is 0.408. The molecule has 0 unspecified atom stereocenters. The lowest BCUT2D eigenvalue weighted by Gasteiger charge is -2.16. The summed E-state index contributed by atoms with van der Waals surface area (Å²) in [6, 6.07) is 11.5. The number of aromatic nitrogens is 3. The van der Waals surface area contributed by atoms with Gasteiger partial charge in [-0.2, -0.15) is 5.10 Å². The van der Waals surface area contributed by atoms with E-state index in [1.165, 1.54) is 0 Å². The van der Waals surface area contributed by atoms with E-state index in [0.29, 0.717) is 13.2 Å². The summed E-state index contributed by atoms with van der Waals surface area (Å²) in [6.07, 6.45) is 8.67. The highest BCUT2D eigenvalue weighted by atomic mass is 16.5. The Bertz CT molecular complexity index is 832. The Labute approximate surface area is 152 Å². The number of hydrogen-bond donors (Lipinski definition) is 0. The van der Waals surface area contributed by atoms with Crippen LogP contribution in [0.25, 0.3) is 0 Å². The van der Waals surface area contributed by atoms with Crippen LogP contribution in [0.4, 0.5) is 0 Å². The first-order valence-corrected chi connectivity index (χ1v) is 8.23. The molecule has 26 heavy (non-hydrogen) atoms. The molecule has 3 aromatic rings. The number of benzene rings is 1. The molecule has 7 nitrogen and oxygen atoms in total. The molecule has 0 N–H and O–H groups in total. The Morgan fingerprint density at radius 2 is 1.88 bits per heavy atom. The zero-order valence-corrected chi connectivity index (χ0v) is 14.8. The van der Waals surface area contributed by atoms with Crippen molar-refractivity contribution in [1.82, 2.24) is 19.5 Å². The van der Waals surface area contributed by atoms with E-state index in [4.69, 9.17) is 9.47 Å². The molecule has 2 heterocycles. The third-order valence-corrected chi connectivity index (χ3v) is 3.42. The van der Waals surface area contributed by atoms with Crippen LogP contribution < -0.4 is 9.47 Å². The summed E-state index contributed by atoms with van der Waals surface area (Å²) in [5.74, 6) is 2.19. The molecule has 0 saturated heterocycles. The monoisotopic (exact) mass is 351 g/mol. The zero-order valence-electron chi connectivity index (χ0n) is 14.8. The van der Waals surface area contributed by atoms with Gasteiger partial charge in [0, 0.05) is 32.7 Å². The van der Waals surface area contributed by atoms with E-state index in [9.17, 15) is 0 Å². The predicted molar refractivity (Wildman–Crippen MR) is 99.5 cm³/mol. The van der Waals surface area contributed by atoms with Crippen LogP contribution in [-0.2, 0) is 0 Å². The molecule has 2 aromatic heterocycles. The first-order chi connectivity index (χ1) is 12.7. The molecule has 0 spiro atoms. The van der Waals surface area contributed by atoms with Crippen molar-refractivity contribution >= 4 is 5.84 Å². The van der Waals surface area contributed by atoms with Gasteiger partial charge in [-0.3, -0.25) is 9.55 Å². The predicted octanol–water partition coefficient (Wildman–Crippen LogP) is 2.51. The smallest absolute Gasteiger partial charge is 0.168 e. The van der Waals surface area contributed by atoms with Crippen molar-refractivity contribution in [3.8, 4) is 11.5 Å². The van der Waals surface area contributed by atoms with E-state index >= 15 is 0 Å². The third kappa shape index (κ3) is 4.60. The topological polar surface area (TPSA) is 64.8 Å². The lowest BCUT2D eigenvalue weighted by Crippen LogP contribution is -2.19. The van der Waals surface area contributed by atoms with Gasteiger partial charge in [-0.05, 0) is 24.3 Å². The molecular formula is C19H21N5O2. The van der Waals surface area contributed by atoms with Crippen molar-refractivity contribution in [3.63, 3.8) is 0 Å². The Morgan fingerprint density at radius 1 is 1.04 bits per heavy atom. The molecule has 0 saturated carbocycles. The van der Waals surface area contributed by atoms with Gasteiger partial charge < -0.3 is 14.5 Å². The molecule has 134 valence electrons. The first kappa shape index (κ1) is 17.5. The fourth-order valence-corrected chi connectivity index (χ4v) is 2.34. The maximum Gasteiger partial charge on any atom is 0.168 e. The molecule has 3 rings (SSSR count). The number of ether oxygens (including phenoxy) is 2. The van der Waals surface area contributed by atoms with Crippen LogP contribution in [0.15, 0.2) is 72.6 Å². The normalized spacial score (nSPS) is 11.2. The number of rotatable bonds is 7. The lowest BCUT2D eigenvalue weighted by molar-refractivity contribution is 0.216. The van der Waals surface area contributed by atoms with Crippen molar-refractivity contribution in [3.05, 3.63) is 73.1 Å². The summed E-state index contributed by atoms with van der Waals surface area (Å²) in [5, 5.41) is 6.33. The van der Waals surface area contributed by atoms with Gasteiger partial charge in [-0.1, -0.05) is 12.1 Å². The van der Waals surface area contributed by atoms with Gasteiger partial charge in [0.15, 0.2) is 5.84 Å². The molecule has 0 radical (unpaired) electrons. The van der Waals surface area contributed by atoms with Gasteiger partial charge in [-0.25, -0.2) is 4.98 Å². The van der Waals surface area contributed by atoms with E-state index in [-0.39, 0.29) is 0 Å². The summed E-state index contributed by atoms with van der Waals surface area (Å²) < 4.78 is 13.4. The van der Waals surface area contributed by atoms with Crippen molar-refractivity contribution in [1.29, 1.82) is 0 Å². The van der Waals surface area contributed by atoms with Gasteiger partial charge in [0.05, 0.1) is 11.8 Å². The van der Waals surface area contributed by atoms with Crippen molar-refractivity contribution in [2.75, 3.05) is 27.3 Å². The van der Waals surface area contributed by atoms with Crippen LogP contribution in [0.5, 0.6) is 11.5 Å². The second-order valence-electron chi connectivity index (χ2n) is 5.62. The van der Waals surface area contributed by atoms with E-state index in [0.717, 1.165) is 22.9 Å². The zero-order chi connectivity index (χ0) is 18.2. The molecule has 0 aliphatic heterocycles. The highest BCUT2D eigenvalue weighted by molar-refractivity contribution is 6.02. The molecular weight excluding hydrogens is 330 g/mol. The summed E-state index contributed by atoms with van der Waals surface area (Å²) in [7, 11) is 3.75. The molecule has 1 aromatic carbocycles. The van der Waals surface area contributed by atoms with Crippen LogP contribution in [0, 0.1) is 0 Å². The van der Waals surface area contributed by atoms with Gasteiger partial charge in [0.2, 0.25) is 0 Å². The van der Waals surface area contributed by atoms with Crippen molar-refractivity contribution in [2.24, 2.45) is 5.10 Å². The van der Waals surface area contributed by atoms with Crippen LogP contribution in [0.2, 0.25) is 0 Å². The van der Waals surface area contributed by atoms with Crippen LogP contribution in [0.3, 0.4) is 0 Å². The minimum atomic E-state index is 0.408. The first-order valence-electron chi connectivity index (χ1n) is 8.23. The second-order valence-corrected chi connectivity index (χ2v) is 5.62. The fraction of sp³-hybridized carbons (Fsp3) is 0.211. The Hall–Kier alpha value is -3.35. The van der Waals surface area contributed by atoms with E-state index in [1.54, 1.807) is 29.9 Å². The SMILES string of the molecule is CN(C)/N=C(/c1ccccc1OCCOc1cccnc1)n1ccnc1. The Kier molecular flexibility index (Phi) is 5.82. The Balaban J connectivity index is 1.72. The number of hydrogen-bond acceptors (Lipinski definition) is 6. The van der Waals surface area contributed by atoms with Gasteiger partial charge in [0.1, 0.15) is 31.0 Å². The largest absolute Gasteiger partial charge is 0.489 e. The number of imidazole rings is 1. The quantitative estimate of drug-likeness (QED) is 0.283. The highest BCUT2D eigenvalue weighted by Gasteiger charge is 2.13. The van der Waals surface area contributed by atoms with Crippen molar-refractivity contribution < 1.29 is 9.47 Å². The minimum Gasteiger partial charge on any atom is -0.489 e. The van der Waals surface area contributed by atoms with Crippen molar-refractivity contribution in [2.45, 2.75) is 0 Å². The summed E-state index contributed by atoms with van der Waals surface area (Å²) in [4.78, 5) is 8.13. The summed E-state index contributed by atoms with van der Waals surface area (Å²) >= 11 is 0. The summed E-state index contributed by atoms with van der Waals surface area (Å²) in [5.41, 5.74) is 0.876. The molecule has 0 bridgehead atoms. The maximum absolute atomic E-state index is 5.94. The van der Waals surface area contributed by atoms with Crippen LogP contribution >= 0.6 is 0 Å². The molecule has 0 amide bonds. The molecule has 0 aliphatic carbocycles. The number of nitrogens with zero attached hydrogens (tertiary/aromatic N) is 5.